The highest BCUT2D eigenvalue weighted by Gasteiger charge is 2.10. The molecule has 0 bridgehead atoms. The lowest BCUT2D eigenvalue weighted by Gasteiger charge is -2.08. The summed E-state index contributed by atoms with van der Waals surface area (Å²) in [7, 11) is 0. The van der Waals surface area contributed by atoms with Gasteiger partial charge in [0.1, 0.15) is 0 Å². The minimum atomic E-state index is -0.810. The molecule has 4 heteroatoms. The molecule has 95 valence electrons. The van der Waals surface area contributed by atoms with Crippen LogP contribution in [0.4, 0.5) is 5.69 Å². The second-order valence-corrected chi connectivity index (χ2v) is 4.09. The average molecular weight is 253 g/mol. The maximum absolute atomic E-state index is 11.9. The van der Waals surface area contributed by atoms with Crippen LogP contribution in [0.1, 0.15) is 15.9 Å². The van der Waals surface area contributed by atoms with Gasteiger partial charge in [0.15, 0.2) is 0 Å². The first-order valence-corrected chi connectivity index (χ1v) is 5.85. The highest BCUT2D eigenvalue weighted by molar-refractivity contribution is 6.03. The van der Waals surface area contributed by atoms with E-state index in [1.807, 2.05) is 30.3 Å². The van der Waals surface area contributed by atoms with Crippen LogP contribution in [0, 0.1) is 0 Å². The highest BCUT2D eigenvalue weighted by Crippen LogP contribution is 2.15. The maximum Gasteiger partial charge on any atom is 0.271 e. The normalized spacial score (nSPS) is 9.89. The van der Waals surface area contributed by atoms with Crippen molar-refractivity contribution in [1.29, 1.82) is 0 Å². The van der Waals surface area contributed by atoms with Crippen LogP contribution in [0.5, 0.6) is 0 Å². The third-order valence-electron chi connectivity index (χ3n) is 2.65. The van der Waals surface area contributed by atoms with Crippen LogP contribution in [0.15, 0.2) is 54.6 Å². The lowest BCUT2D eigenvalue weighted by Crippen LogP contribution is -2.16. The third kappa shape index (κ3) is 3.42. The number of anilines is 1. The molecule has 0 fully saturated rings. The monoisotopic (exact) mass is 253 g/mol. The molecule has 0 saturated heterocycles. The number of para-hydroxylation sites is 1. The molecule has 0 atom stereocenters. The summed E-state index contributed by atoms with van der Waals surface area (Å²) >= 11 is 0. The van der Waals surface area contributed by atoms with Gasteiger partial charge < -0.3 is 5.32 Å². The Labute approximate surface area is 111 Å². The summed E-state index contributed by atoms with van der Waals surface area (Å²) in [4.78, 5) is 23.0. The van der Waals surface area contributed by atoms with Gasteiger partial charge >= 0.3 is 0 Å². The van der Waals surface area contributed by atoms with Gasteiger partial charge in [-0.15, -0.1) is 0 Å². The van der Waals surface area contributed by atoms with Gasteiger partial charge in [-0.05, 0) is 17.7 Å². The summed E-state index contributed by atoms with van der Waals surface area (Å²) in [5, 5.41) is 2.66. The van der Waals surface area contributed by atoms with E-state index in [4.69, 9.17) is 5.73 Å². The van der Waals surface area contributed by atoms with Crippen molar-refractivity contribution in [2.24, 2.45) is 0 Å². The predicted octanol–water partition coefficient (Wildman–Crippen LogP) is 2.29. The van der Waals surface area contributed by atoms with Gasteiger partial charge in [0, 0.05) is 0 Å². The molecule has 4 nitrogen and oxygen atoms in total. The summed E-state index contributed by atoms with van der Waals surface area (Å²) in [6.07, 6.45) is 0.237. The van der Waals surface area contributed by atoms with Gasteiger partial charge in [-0.2, -0.15) is 0 Å². The Hall–Kier alpha value is -2.62. The van der Waals surface area contributed by atoms with Crippen molar-refractivity contribution in [3.63, 3.8) is 0 Å². The molecule has 0 aliphatic rings. The first-order chi connectivity index (χ1) is 9.16. The van der Waals surface area contributed by atoms with E-state index in [1.165, 1.54) is 6.07 Å². The molecule has 2 amide bonds. The molecule has 0 unspecified atom stereocenters. The Morgan fingerprint density at radius 3 is 2.26 bits per heavy atom. The van der Waals surface area contributed by atoms with Gasteiger partial charge in [-0.1, -0.05) is 42.5 Å². The largest absolute Gasteiger partial charge is 0.325 e. The first-order valence-electron chi connectivity index (χ1n) is 5.85. The SMILES string of the molecule is [NH]C(=O)c1ccccc1NC(=O)Cc1ccccc1. The molecule has 2 aromatic rings. The van der Waals surface area contributed by atoms with E-state index >= 15 is 0 Å². The molecule has 0 heterocycles. The molecule has 2 rings (SSSR count). The van der Waals surface area contributed by atoms with Crippen molar-refractivity contribution in [3.8, 4) is 0 Å². The van der Waals surface area contributed by atoms with E-state index in [9.17, 15) is 9.59 Å². The Morgan fingerprint density at radius 2 is 1.58 bits per heavy atom. The van der Waals surface area contributed by atoms with Crippen LogP contribution < -0.4 is 11.1 Å². The third-order valence-corrected chi connectivity index (χ3v) is 2.65. The fourth-order valence-corrected chi connectivity index (χ4v) is 1.77. The van der Waals surface area contributed by atoms with Crippen molar-refractivity contribution >= 4 is 17.5 Å². The number of nitrogens with one attached hydrogen (secondary N) is 2. The van der Waals surface area contributed by atoms with E-state index in [1.54, 1.807) is 18.2 Å². The molecule has 0 aromatic heterocycles. The van der Waals surface area contributed by atoms with Crippen molar-refractivity contribution in [2.75, 3.05) is 5.32 Å². The average Bonchev–Trinajstić information content (AvgIpc) is 2.40. The van der Waals surface area contributed by atoms with Crippen molar-refractivity contribution in [1.82, 2.24) is 5.73 Å². The minimum Gasteiger partial charge on any atom is -0.325 e. The summed E-state index contributed by atoms with van der Waals surface area (Å²) in [5.74, 6) is -1.02. The molecule has 0 aliphatic carbocycles. The Kier molecular flexibility index (Phi) is 3.93. The molecule has 2 aromatic carbocycles. The van der Waals surface area contributed by atoms with E-state index < -0.39 is 5.91 Å². The smallest absolute Gasteiger partial charge is 0.271 e. The van der Waals surface area contributed by atoms with Crippen molar-refractivity contribution in [3.05, 3.63) is 65.7 Å². The summed E-state index contributed by atoms with van der Waals surface area (Å²) in [6, 6.07) is 15.9. The van der Waals surface area contributed by atoms with Gasteiger partial charge in [-0.25, -0.2) is 0 Å². The minimum absolute atomic E-state index is 0.198. The van der Waals surface area contributed by atoms with Crippen LogP contribution >= 0.6 is 0 Å². The molecule has 2 N–H and O–H groups in total. The van der Waals surface area contributed by atoms with Gasteiger partial charge in [-0.3, -0.25) is 15.3 Å². The fourth-order valence-electron chi connectivity index (χ4n) is 1.77. The number of rotatable bonds is 4. The van der Waals surface area contributed by atoms with Crippen LogP contribution in [0.25, 0.3) is 0 Å². The quantitative estimate of drug-likeness (QED) is 0.908. The predicted molar refractivity (Wildman–Crippen MR) is 72.6 cm³/mol. The Balaban J connectivity index is 2.09. The van der Waals surface area contributed by atoms with Crippen LogP contribution in [0.2, 0.25) is 0 Å². The summed E-state index contributed by atoms with van der Waals surface area (Å²) < 4.78 is 0. The second-order valence-electron chi connectivity index (χ2n) is 4.09. The number of hydrogen-bond donors (Lipinski definition) is 1. The molecule has 0 aliphatic heterocycles. The van der Waals surface area contributed by atoms with E-state index in [-0.39, 0.29) is 17.9 Å². The van der Waals surface area contributed by atoms with Crippen LogP contribution in [-0.4, -0.2) is 11.8 Å². The first kappa shape index (κ1) is 12.8. The fraction of sp³-hybridized carbons (Fsp3) is 0.0667. The number of carbonyl (C=O) groups is 2. The number of hydrogen-bond acceptors (Lipinski definition) is 2. The van der Waals surface area contributed by atoms with Crippen LogP contribution in [0.3, 0.4) is 0 Å². The standard InChI is InChI=1S/C15H13N2O2/c16-15(19)12-8-4-5-9-13(12)17-14(18)10-11-6-2-1-3-7-11/h1-9,16H,10H2,(H,17,18). The van der Waals surface area contributed by atoms with Crippen molar-refractivity contribution in [2.45, 2.75) is 6.42 Å². The van der Waals surface area contributed by atoms with E-state index in [0.29, 0.717) is 5.69 Å². The zero-order chi connectivity index (χ0) is 13.7. The summed E-state index contributed by atoms with van der Waals surface area (Å²) in [5.41, 5.74) is 8.61. The van der Waals surface area contributed by atoms with Gasteiger partial charge in [0.05, 0.1) is 17.7 Å². The Morgan fingerprint density at radius 1 is 0.947 bits per heavy atom. The number of carbonyl (C=O) groups excluding carboxylic acids is 2. The maximum atomic E-state index is 11.9. The molecule has 19 heavy (non-hydrogen) atoms. The molecule has 1 radical (unpaired) electrons. The number of amides is 2. The van der Waals surface area contributed by atoms with Crippen LogP contribution in [-0.2, 0) is 11.2 Å². The topological polar surface area (TPSA) is 70.0 Å². The van der Waals surface area contributed by atoms with Gasteiger partial charge in [0.25, 0.3) is 5.91 Å². The lowest BCUT2D eigenvalue weighted by molar-refractivity contribution is -0.115. The lowest BCUT2D eigenvalue weighted by atomic mass is 10.1. The zero-order valence-corrected chi connectivity index (χ0v) is 10.2. The second kappa shape index (κ2) is 5.82. The van der Waals surface area contributed by atoms with E-state index in [0.717, 1.165) is 5.56 Å². The van der Waals surface area contributed by atoms with Crippen molar-refractivity contribution < 1.29 is 9.59 Å². The Bertz CT molecular complexity index is 594. The summed E-state index contributed by atoms with van der Waals surface area (Å²) in [6.45, 7) is 0. The molecular weight excluding hydrogens is 240 g/mol. The van der Waals surface area contributed by atoms with E-state index in [2.05, 4.69) is 5.32 Å². The zero-order valence-electron chi connectivity index (χ0n) is 10.2. The molecule has 0 saturated carbocycles. The highest BCUT2D eigenvalue weighted by atomic mass is 16.2. The molecule has 0 spiro atoms. The van der Waals surface area contributed by atoms with Gasteiger partial charge in [0.2, 0.25) is 5.91 Å². The molecular formula is C15H13N2O2. The number of benzene rings is 2.